The molecule has 2 heterocycles. The van der Waals surface area contributed by atoms with E-state index < -0.39 is 5.97 Å². The van der Waals surface area contributed by atoms with Gasteiger partial charge in [0, 0.05) is 23.9 Å². The molecule has 0 unspecified atom stereocenters. The zero-order chi connectivity index (χ0) is 19.7. The molecule has 0 saturated heterocycles. The highest BCUT2D eigenvalue weighted by atomic mass is 16.4. The SMILES string of the molecule is C=Cc1c(C(=O)O)n(C)c2cc(CC)n(CC(=O)c3ccccc3)c(=O)c12. The number of benzene rings is 1. The first-order valence-corrected chi connectivity index (χ1v) is 8.59. The minimum atomic E-state index is -1.13. The van der Waals surface area contributed by atoms with E-state index in [4.69, 9.17) is 0 Å². The molecule has 1 N–H and O–H groups in total. The fraction of sp³-hybridized carbons (Fsp3) is 0.190. The Morgan fingerprint density at radius 2 is 1.89 bits per heavy atom. The lowest BCUT2D eigenvalue weighted by atomic mass is 10.1. The van der Waals surface area contributed by atoms with Crippen molar-refractivity contribution >= 4 is 28.7 Å². The summed E-state index contributed by atoms with van der Waals surface area (Å²) in [4.78, 5) is 37.5. The van der Waals surface area contributed by atoms with Crippen molar-refractivity contribution in [2.75, 3.05) is 0 Å². The highest BCUT2D eigenvalue weighted by Gasteiger charge is 2.23. The van der Waals surface area contributed by atoms with Gasteiger partial charge in [0.2, 0.25) is 0 Å². The van der Waals surface area contributed by atoms with Gasteiger partial charge in [-0.1, -0.05) is 49.9 Å². The highest BCUT2D eigenvalue weighted by molar-refractivity contribution is 6.02. The highest BCUT2D eigenvalue weighted by Crippen LogP contribution is 2.25. The van der Waals surface area contributed by atoms with Crippen LogP contribution in [-0.4, -0.2) is 26.0 Å². The van der Waals surface area contributed by atoms with Gasteiger partial charge in [-0.15, -0.1) is 0 Å². The number of hydrogen-bond donors (Lipinski definition) is 1. The standard InChI is InChI=1S/C21H20N2O4/c1-4-14-11-16-18(15(5-2)19(21(26)27)22(16)3)20(25)23(14)12-17(24)13-9-7-6-8-10-13/h5-11H,2,4,12H2,1,3H3,(H,26,27). The maximum absolute atomic E-state index is 13.2. The maximum atomic E-state index is 13.2. The Labute approximate surface area is 156 Å². The molecule has 138 valence electrons. The van der Waals surface area contributed by atoms with Crippen molar-refractivity contribution in [2.45, 2.75) is 19.9 Å². The number of aromatic carboxylic acids is 1. The first kappa shape index (κ1) is 18.4. The Hall–Kier alpha value is -3.41. The number of ketones is 1. The molecule has 0 spiro atoms. The van der Waals surface area contributed by atoms with Crippen LogP contribution in [0.3, 0.4) is 0 Å². The number of carbonyl (C=O) groups excluding carboxylic acids is 1. The van der Waals surface area contributed by atoms with Crippen LogP contribution in [0.4, 0.5) is 0 Å². The van der Waals surface area contributed by atoms with Crippen molar-refractivity contribution in [1.82, 2.24) is 9.13 Å². The van der Waals surface area contributed by atoms with E-state index >= 15 is 0 Å². The van der Waals surface area contributed by atoms with Gasteiger partial charge in [-0.3, -0.25) is 9.59 Å². The summed E-state index contributed by atoms with van der Waals surface area (Å²) < 4.78 is 2.91. The van der Waals surface area contributed by atoms with Crippen LogP contribution in [0.2, 0.25) is 0 Å². The summed E-state index contributed by atoms with van der Waals surface area (Å²) in [6, 6.07) is 10.5. The monoisotopic (exact) mass is 364 g/mol. The van der Waals surface area contributed by atoms with Crippen molar-refractivity contribution in [3.8, 4) is 0 Å². The third kappa shape index (κ3) is 2.99. The van der Waals surface area contributed by atoms with Crippen molar-refractivity contribution in [3.05, 3.63) is 75.8 Å². The molecule has 0 saturated carbocycles. The average Bonchev–Trinajstić information content (AvgIpc) is 2.96. The van der Waals surface area contributed by atoms with E-state index in [-0.39, 0.29) is 34.5 Å². The maximum Gasteiger partial charge on any atom is 0.353 e. The van der Waals surface area contributed by atoms with Crippen LogP contribution in [0, 0.1) is 0 Å². The third-order valence-corrected chi connectivity index (χ3v) is 4.75. The summed E-state index contributed by atoms with van der Waals surface area (Å²) in [7, 11) is 1.61. The minimum absolute atomic E-state index is 0.00582. The lowest BCUT2D eigenvalue weighted by Crippen LogP contribution is -2.27. The van der Waals surface area contributed by atoms with Gasteiger partial charge >= 0.3 is 5.97 Å². The molecule has 0 aliphatic carbocycles. The Bertz CT molecular complexity index is 1120. The summed E-state index contributed by atoms with van der Waals surface area (Å²) in [5, 5.41) is 9.79. The van der Waals surface area contributed by atoms with E-state index in [1.165, 1.54) is 15.2 Å². The third-order valence-electron chi connectivity index (χ3n) is 4.75. The van der Waals surface area contributed by atoms with Crippen molar-refractivity contribution in [1.29, 1.82) is 0 Å². The molecule has 0 aliphatic rings. The number of carboxylic acids is 1. The lowest BCUT2D eigenvalue weighted by Gasteiger charge is -2.12. The molecule has 0 amide bonds. The number of Topliss-reactive ketones (excluding diaryl/α,β-unsaturated/α-hetero) is 1. The molecule has 6 heteroatoms. The fourth-order valence-electron chi connectivity index (χ4n) is 3.40. The lowest BCUT2D eigenvalue weighted by molar-refractivity contribution is 0.0686. The second kappa shape index (κ2) is 7.07. The van der Waals surface area contributed by atoms with Crippen LogP contribution in [-0.2, 0) is 20.0 Å². The number of rotatable bonds is 6. The molecule has 1 aromatic carbocycles. The van der Waals surface area contributed by atoms with Gasteiger partial charge in [-0.25, -0.2) is 4.79 Å². The summed E-state index contributed by atoms with van der Waals surface area (Å²) in [6.07, 6.45) is 1.91. The predicted molar refractivity (Wildman–Crippen MR) is 104 cm³/mol. The number of aryl methyl sites for hydroxylation is 2. The quantitative estimate of drug-likeness (QED) is 0.682. The van der Waals surface area contributed by atoms with Gasteiger partial charge in [0.1, 0.15) is 5.69 Å². The smallest absolute Gasteiger partial charge is 0.353 e. The largest absolute Gasteiger partial charge is 0.477 e. The molecule has 0 aliphatic heterocycles. The first-order valence-electron chi connectivity index (χ1n) is 8.59. The van der Waals surface area contributed by atoms with Crippen LogP contribution < -0.4 is 5.56 Å². The Morgan fingerprint density at radius 1 is 1.22 bits per heavy atom. The Kier molecular flexibility index (Phi) is 4.81. The molecular formula is C21H20N2O4. The average molecular weight is 364 g/mol. The fourth-order valence-corrected chi connectivity index (χ4v) is 3.40. The molecule has 6 nitrogen and oxygen atoms in total. The summed E-state index contributed by atoms with van der Waals surface area (Å²) in [6.45, 7) is 5.45. The van der Waals surface area contributed by atoms with E-state index in [9.17, 15) is 19.5 Å². The second-order valence-electron chi connectivity index (χ2n) is 6.26. The Morgan fingerprint density at radius 3 is 2.44 bits per heavy atom. The molecule has 27 heavy (non-hydrogen) atoms. The van der Waals surface area contributed by atoms with Crippen molar-refractivity contribution < 1.29 is 14.7 Å². The number of carbonyl (C=O) groups is 2. The van der Waals surface area contributed by atoms with E-state index in [0.717, 1.165) is 0 Å². The molecule has 3 aromatic rings. The predicted octanol–water partition coefficient (Wildman–Crippen LogP) is 3.13. The van der Waals surface area contributed by atoms with Crippen LogP contribution in [0.15, 0.2) is 47.8 Å². The van der Waals surface area contributed by atoms with E-state index in [1.807, 2.05) is 13.0 Å². The summed E-state index contributed by atoms with van der Waals surface area (Å²) in [5.74, 6) is -1.31. The van der Waals surface area contributed by atoms with Crippen LogP contribution in [0.5, 0.6) is 0 Å². The molecule has 3 rings (SSSR count). The number of fused-ring (bicyclic) bond motifs is 1. The summed E-state index contributed by atoms with van der Waals surface area (Å²) >= 11 is 0. The zero-order valence-electron chi connectivity index (χ0n) is 15.2. The van der Waals surface area contributed by atoms with Crippen molar-refractivity contribution in [2.24, 2.45) is 7.05 Å². The van der Waals surface area contributed by atoms with E-state index in [2.05, 4.69) is 6.58 Å². The topological polar surface area (TPSA) is 81.3 Å². The normalized spacial score (nSPS) is 10.9. The van der Waals surface area contributed by atoms with Gasteiger partial charge in [-0.2, -0.15) is 0 Å². The molecule has 0 fully saturated rings. The van der Waals surface area contributed by atoms with Gasteiger partial charge in [0.15, 0.2) is 5.78 Å². The number of aromatic nitrogens is 2. The number of nitrogens with zero attached hydrogens (tertiary/aromatic N) is 2. The first-order chi connectivity index (χ1) is 12.9. The molecule has 2 aromatic heterocycles. The number of carboxylic acid groups (broad SMARTS) is 1. The van der Waals surface area contributed by atoms with Crippen molar-refractivity contribution in [3.63, 3.8) is 0 Å². The zero-order valence-corrected chi connectivity index (χ0v) is 15.2. The second-order valence-corrected chi connectivity index (χ2v) is 6.26. The van der Waals surface area contributed by atoms with Gasteiger partial charge < -0.3 is 14.2 Å². The van der Waals surface area contributed by atoms with Gasteiger partial charge in [-0.05, 0) is 12.5 Å². The molecule has 0 radical (unpaired) electrons. The van der Waals surface area contributed by atoms with Gasteiger partial charge in [0.25, 0.3) is 5.56 Å². The van der Waals surface area contributed by atoms with Crippen LogP contribution >= 0.6 is 0 Å². The van der Waals surface area contributed by atoms with Crippen LogP contribution in [0.25, 0.3) is 17.0 Å². The molecular weight excluding hydrogens is 344 g/mol. The van der Waals surface area contributed by atoms with E-state index in [0.29, 0.717) is 23.2 Å². The summed E-state index contributed by atoms with van der Waals surface area (Å²) in [5.41, 5.74) is 1.61. The van der Waals surface area contributed by atoms with Crippen LogP contribution in [0.1, 0.15) is 39.0 Å². The Balaban J connectivity index is 2.26. The molecule has 0 bridgehead atoms. The van der Waals surface area contributed by atoms with Gasteiger partial charge in [0.05, 0.1) is 17.4 Å². The number of hydrogen-bond acceptors (Lipinski definition) is 3. The molecule has 0 atom stereocenters. The van der Waals surface area contributed by atoms with E-state index in [1.54, 1.807) is 37.4 Å². The minimum Gasteiger partial charge on any atom is -0.477 e. The number of pyridine rings is 1.